The van der Waals surface area contributed by atoms with Gasteiger partial charge in [0, 0.05) is 0 Å². The van der Waals surface area contributed by atoms with Crippen molar-refractivity contribution in [3.8, 4) is 0 Å². The third-order valence-corrected chi connectivity index (χ3v) is 0.818. The second-order valence-electron chi connectivity index (χ2n) is 1.42. The molecule has 1 aliphatic rings. The van der Waals surface area contributed by atoms with E-state index in [9.17, 15) is 5.11 Å². The molecular formula is C5H7IO3. The predicted octanol–water partition coefficient (Wildman–Crippen LogP) is -3.52. The molecule has 0 saturated carbocycles. The van der Waals surface area contributed by atoms with Gasteiger partial charge in [-0.1, -0.05) is 0 Å². The summed E-state index contributed by atoms with van der Waals surface area (Å²) in [7, 11) is 0. The lowest BCUT2D eigenvalue weighted by atomic mass is 10.3. The highest BCUT2D eigenvalue weighted by Crippen LogP contribution is 2.07. The summed E-state index contributed by atoms with van der Waals surface area (Å²) in [5.74, 6) is -0.875. The number of allylic oxidation sites excluding steroid dienone is 1. The van der Waals surface area contributed by atoms with Crippen LogP contribution < -0.4 is 29.1 Å². The quantitative estimate of drug-likeness (QED) is 0.448. The van der Waals surface area contributed by atoms with Crippen LogP contribution in [0.25, 0.3) is 0 Å². The summed E-state index contributed by atoms with van der Waals surface area (Å²) < 4.78 is 4.33. The molecule has 0 saturated heterocycles. The number of aliphatic hydroxyl groups excluding tert-OH is 1. The zero-order chi connectivity index (χ0) is 5.98. The molecule has 0 fully saturated rings. The van der Waals surface area contributed by atoms with E-state index in [0.29, 0.717) is 0 Å². The Labute approximate surface area is 69.7 Å². The van der Waals surface area contributed by atoms with Crippen molar-refractivity contribution in [2.24, 2.45) is 0 Å². The van der Waals surface area contributed by atoms with E-state index in [1.54, 1.807) is 6.08 Å². The first kappa shape index (κ1) is 8.61. The van der Waals surface area contributed by atoms with Gasteiger partial charge >= 0.3 is 0 Å². The first-order chi connectivity index (χ1) is 3.80. The van der Waals surface area contributed by atoms with Gasteiger partial charge in [-0.15, -0.1) is 0 Å². The summed E-state index contributed by atoms with van der Waals surface area (Å²) in [6.07, 6.45) is 3.07. The Balaban J connectivity index is 0.000000640. The molecule has 0 aromatic rings. The normalized spacial score (nSPS) is 16.4. The second kappa shape index (κ2) is 3.60. The van der Waals surface area contributed by atoms with Crippen molar-refractivity contribution >= 4 is 0 Å². The minimum absolute atomic E-state index is 0. The van der Waals surface area contributed by atoms with E-state index in [4.69, 9.17) is 5.11 Å². The molecule has 3 nitrogen and oxygen atoms in total. The first-order valence-corrected chi connectivity index (χ1v) is 2.21. The lowest BCUT2D eigenvalue weighted by molar-refractivity contribution is -0.314. The maximum absolute atomic E-state index is 10.3. The van der Waals surface area contributed by atoms with Gasteiger partial charge in [0.15, 0.2) is 0 Å². The Morgan fingerprint density at radius 1 is 1.67 bits per heavy atom. The average molecular weight is 242 g/mol. The van der Waals surface area contributed by atoms with Crippen LogP contribution in [0.4, 0.5) is 0 Å². The fraction of sp³-hybridized carbons (Fsp3) is 0.200. The van der Waals surface area contributed by atoms with Crippen LogP contribution in [0.15, 0.2) is 24.0 Å². The molecule has 0 unspecified atom stereocenters. The molecule has 0 spiro atoms. The maximum Gasteiger partial charge on any atom is 0.269 e. The molecule has 1 rings (SSSR count). The summed E-state index contributed by atoms with van der Waals surface area (Å²) in [6, 6.07) is 0. The van der Waals surface area contributed by atoms with E-state index in [1.807, 2.05) is 0 Å². The van der Waals surface area contributed by atoms with Crippen LogP contribution >= 0.6 is 0 Å². The van der Waals surface area contributed by atoms with Gasteiger partial charge in [0.2, 0.25) is 24.0 Å². The lowest BCUT2D eigenvalue weighted by Crippen LogP contribution is -3.00. The number of ether oxygens (including phenoxy) is 1. The standard InChI is InChI=1S/C5H6O3.H2I/c6-4-2-1-3-8-5(4)7;/h1,3,6-7H,2H2;1H2/q;+1/p-1. The minimum Gasteiger partial charge on any atom is -0.870 e. The monoisotopic (exact) mass is 242 g/mol. The largest absolute Gasteiger partial charge is 0.870 e. The highest BCUT2D eigenvalue weighted by molar-refractivity contribution is 5.02. The van der Waals surface area contributed by atoms with E-state index in [0.717, 1.165) is 0 Å². The third-order valence-electron chi connectivity index (χ3n) is 0.818. The van der Waals surface area contributed by atoms with Crippen molar-refractivity contribution in [3.05, 3.63) is 24.0 Å². The highest BCUT2D eigenvalue weighted by atomic mass is 127. The summed E-state index contributed by atoms with van der Waals surface area (Å²) in [5.41, 5.74) is 0. The van der Waals surface area contributed by atoms with Gasteiger partial charge in [0.25, 0.3) is 5.95 Å². The smallest absolute Gasteiger partial charge is 0.269 e. The minimum atomic E-state index is -0.507. The molecule has 1 aliphatic heterocycles. The molecule has 1 heterocycles. The van der Waals surface area contributed by atoms with Crippen molar-refractivity contribution in [2.75, 3.05) is 0 Å². The average Bonchev–Trinajstić information content (AvgIpc) is 1.77. The summed E-state index contributed by atoms with van der Waals surface area (Å²) >= 11 is 0. The summed E-state index contributed by atoms with van der Waals surface area (Å²) in [5, 5.41) is 18.8. The van der Waals surface area contributed by atoms with E-state index in [2.05, 4.69) is 4.74 Å². The Morgan fingerprint density at radius 2 is 2.33 bits per heavy atom. The van der Waals surface area contributed by atoms with Crippen LogP contribution in [0.2, 0.25) is 0 Å². The number of rotatable bonds is 0. The summed E-state index contributed by atoms with van der Waals surface area (Å²) in [4.78, 5) is 0. The molecule has 0 atom stereocenters. The fourth-order valence-corrected chi connectivity index (χ4v) is 0.421. The number of halogens is 1. The van der Waals surface area contributed by atoms with Crippen molar-refractivity contribution in [2.45, 2.75) is 6.42 Å². The molecule has 0 radical (unpaired) electrons. The molecule has 0 aromatic carbocycles. The summed E-state index contributed by atoms with van der Waals surface area (Å²) in [6.45, 7) is 0. The fourth-order valence-electron chi connectivity index (χ4n) is 0.421. The first-order valence-electron chi connectivity index (χ1n) is 2.21. The van der Waals surface area contributed by atoms with Crippen LogP contribution in [0.1, 0.15) is 6.42 Å². The Hall–Kier alpha value is -0.390. The third kappa shape index (κ3) is 2.13. The van der Waals surface area contributed by atoms with Gasteiger partial charge in [-0.3, -0.25) is 0 Å². The Morgan fingerprint density at radius 3 is 2.67 bits per heavy atom. The molecule has 0 bridgehead atoms. The van der Waals surface area contributed by atoms with Gasteiger partial charge in [-0.25, -0.2) is 0 Å². The number of hydrogen-bond acceptors (Lipinski definition) is 3. The number of hydrogen-bond donors (Lipinski definition) is 1. The number of aliphatic hydroxyl groups is 1. The molecule has 0 amide bonds. The van der Waals surface area contributed by atoms with Gasteiger partial charge in [0.1, 0.15) is 0 Å². The lowest BCUT2D eigenvalue weighted by Gasteiger charge is -2.14. The molecule has 0 aliphatic carbocycles. The zero-order valence-electron chi connectivity index (χ0n) is 4.57. The molecule has 0 aromatic heterocycles. The van der Waals surface area contributed by atoms with E-state index >= 15 is 0 Å². The Kier molecular flexibility index (Phi) is 3.44. The van der Waals surface area contributed by atoms with Gasteiger partial charge in [-0.2, -0.15) is 0 Å². The molecule has 4 heteroatoms. The molecule has 1 N–H and O–H groups in total. The molecule has 52 valence electrons. The SMILES string of the molecule is [IH2+].[O-]C1=C(O)OC=CC1. The van der Waals surface area contributed by atoms with Crippen molar-refractivity contribution in [1.82, 2.24) is 0 Å². The van der Waals surface area contributed by atoms with Crippen molar-refractivity contribution < 1.29 is 38.9 Å². The van der Waals surface area contributed by atoms with Crippen LogP contribution in [0, 0.1) is 0 Å². The van der Waals surface area contributed by atoms with Gasteiger partial charge in [-0.05, 0) is 18.3 Å². The van der Waals surface area contributed by atoms with E-state index in [-0.39, 0.29) is 36.2 Å². The zero-order valence-corrected chi connectivity index (χ0v) is 7.13. The van der Waals surface area contributed by atoms with E-state index in [1.165, 1.54) is 6.26 Å². The maximum atomic E-state index is 10.3. The van der Waals surface area contributed by atoms with Crippen LogP contribution in [-0.4, -0.2) is 5.11 Å². The molecular weight excluding hydrogens is 235 g/mol. The van der Waals surface area contributed by atoms with Crippen LogP contribution in [-0.2, 0) is 4.74 Å². The Bertz CT molecular complexity index is 134. The second-order valence-corrected chi connectivity index (χ2v) is 1.42. The van der Waals surface area contributed by atoms with Gasteiger partial charge < -0.3 is 14.9 Å². The molecule has 9 heavy (non-hydrogen) atoms. The van der Waals surface area contributed by atoms with E-state index < -0.39 is 5.95 Å². The van der Waals surface area contributed by atoms with Crippen molar-refractivity contribution in [1.29, 1.82) is 0 Å². The topological polar surface area (TPSA) is 52.5 Å². The highest BCUT2D eigenvalue weighted by Gasteiger charge is 1.96. The van der Waals surface area contributed by atoms with Crippen LogP contribution in [0.3, 0.4) is 0 Å². The van der Waals surface area contributed by atoms with Crippen molar-refractivity contribution in [3.63, 3.8) is 0 Å². The predicted molar refractivity (Wildman–Crippen MR) is 27.3 cm³/mol. The van der Waals surface area contributed by atoms with Crippen LogP contribution in [0.5, 0.6) is 0 Å². The van der Waals surface area contributed by atoms with Gasteiger partial charge in [0.05, 0.1) is 6.26 Å².